The molecule has 0 radical (unpaired) electrons. The Balaban J connectivity index is 1.59. The van der Waals surface area contributed by atoms with Crippen LogP contribution in [0.1, 0.15) is 27.2 Å². The quantitative estimate of drug-likeness (QED) is 0.598. The van der Waals surface area contributed by atoms with Crippen LogP contribution in [0.15, 0.2) is 48.7 Å². The van der Waals surface area contributed by atoms with Crippen LogP contribution < -0.4 is 10.1 Å². The molecule has 3 heterocycles. The number of aromatic nitrogens is 1. The number of methoxy groups -OCH3 is 1. The van der Waals surface area contributed by atoms with Gasteiger partial charge in [-0.15, -0.1) is 0 Å². The van der Waals surface area contributed by atoms with Crippen LogP contribution in [0.2, 0.25) is 0 Å². The first-order chi connectivity index (χ1) is 16.1. The molecule has 2 aromatic carbocycles. The first-order valence-corrected chi connectivity index (χ1v) is 10.9. The van der Waals surface area contributed by atoms with E-state index < -0.39 is 0 Å². The Morgan fingerprint density at radius 1 is 1.09 bits per heavy atom. The van der Waals surface area contributed by atoms with Crippen LogP contribution in [0.25, 0.3) is 22.8 Å². The Bertz CT molecular complexity index is 1250. The Kier molecular flexibility index (Phi) is 5.48. The van der Waals surface area contributed by atoms with Crippen molar-refractivity contribution in [1.82, 2.24) is 9.88 Å². The van der Waals surface area contributed by atoms with Crippen molar-refractivity contribution in [2.45, 2.75) is 6.92 Å². The van der Waals surface area contributed by atoms with Crippen molar-refractivity contribution in [3.05, 3.63) is 71.0 Å². The van der Waals surface area contributed by atoms with Gasteiger partial charge < -0.3 is 24.7 Å². The van der Waals surface area contributed by atoms with Crippen molar-refractivity contribution in [1.29, 1.82) is 0 Å². The van der Waals surface area contributed by atoms with Crippen molar-refractivity contribution in [3.8, 4) is 16.9 Å². The van der Waals surface area contributed by atoms with Crippen LogP contribution in [0.5, 0.6) is 5.75 Å². The van der Waals surface area contributed by atoms with Crippen LogP contribution in [-0.4, -0.2) is 55.1 Å². The Morgan fingerprint density at radius 3 is 2.58 bits per heavy atom. The zero-order chi connectivity index (χ0) is 22.9. The van der Waals surface area contributed by atoms with Gasteiger partial charge in [0.1, 0.15) is 5.75 Å². The average Bonchev–Trinajstić information content (AvgIpc) is 3.38. The molecule has 0 saturated carbocycles. The fourth-order valence-electron chi connectivity index (χ4n) is 4.43. The predicted octanol–water partition coefficient (Wildman–Crippen LogP) is 3.96. The lowest BCUT2D eigenvalue weighted by Gasteiger charge is -2.26. The first kappa shape index (κ1) is 21.0. The number of anilines is 1. The highest BCUT2D eigenvalue weighted by Crippen LogP contribution is 2.45. The maximum atomic E-state index is 13.0. The molecule has 2 aliphatic heterocycles. The van der Waals surface area contributed by atoms with E-state index in [1.54, 1.807) is 18.2 Å². The van der Waals surface area contributed by atoms with Gasteiger partial charge in [-0.2, -0.15) is 0 Å². The smallest absolute Gasteiger partial charge is 0.256 e. The number of carbonyl (C=O) groups excluding carboxylic acids is 2. The van der Waals surface area contributed by atoms with Crippen molar-refractivity contribution in [3.63, 3.8) is 0 Å². The third-order valence-electron chi connectivity index (χ3n) is 6.21. The summed E-state index contributed by atoms with van der Waals surface area (Å²) in [5, 5.41) is 2.96. The maximum Gasteiger partial charge on any atom is 0.256 e. The molecule has 33 heavy (non-hydrogen) atoms. The minimum atomic E-state index is -0.189. The number of ether oxygens (including phenoxy) is 2. The summed E-state index contributed by atoms with van der Waals surface area (Å²) in [6, 6.07) is 13.6. The topological polar surface area (TPSA) is 83.7 Å². The number of H-pyrrole nitrogens is 1. The normalized spacial score (nSPS) is 16.6. The van der Waals surface area contributed by atoms with Gasteiger partial charge in [0.25, 0.3) is 11.8 Å². The van der Waals surface area contributed by atoms with E-state index in [0.717, 1.165) is 33.6 Å². The molecular formula is C26H25N3O4. The summed E-state index contributed by atoms with van der Waals surface area (Å²) in [5.74, 6) is 0.471. The van der Waals surface area contributed by atoms with Crippen LogP contribution >= 0.6 is 0 Å². The summed E-state index contributed by atoms with van der Waals surface area (Å²) in [6.07, 6.45) is 3.54. The highest BCUT2D eigenvalue weighted by molar-refractivity contribution is 6.36. The summed E-state index contributed by atoms with van der Waals surface area (Å²) >= 11 is 0. The number of rotatable bonds is 4. The minimum Gasteiger partial charge on any atom is -0.496 e. The van der Waals surface area contributed by atoms with E-state index in [2.05, 4.69) is 10.3 Å². The second kappa shape index (κ2) is 8.60. The van der Waals surface area contributed by atoms with E-state index in [1.165, 1.54) is 0 Å². The summed E-state index contributed by atoms with van der Waals surface area (Å²) < 4.78 is 11.0. The molecule has 1 saturated heterocycles. The minimum absolute atomic E-state index is 0.0281. The molecule has 0 unspecified atom stereocenters. The standard InChI is InChI=1S/C26H25N3O4/c1-16-19(26(31)29-10-12-33-13-11-29)15-27-21(16)14-18-24-20(28-25(18)30)8-9-22(32-2)23(24)17-6-4-3-5-7-17/h3-9,14-15,27H,10-13H2,1-2H3,(H,28,30)/b18-14-. The SMILES string of the molecule is COc1ccc2c(c1-c1ccccc1)/C(=C/c1[nH]cc(C(=O)N3CCOCC3)c1C)C(=O)N2. The first-order valence-electron chi connectivity index (χ1n) is 10.9. The fraction of sp³-hybridized carbons (Fsp3) is 0.231. The lowest BCUT2D eigenvalue weighted by atomic mass is 9.93. The highest BCUT2D eigenvalue weighted by Gasteiger charge is 2.30. The Labute approximate surface area is 192 Å². The number of aromatic amines is 1. The zero-order valence-corrected chi connectivity index (χ0v) is 18.6. The summed E-state index contributed by atoms with van der Waals surface area (Å²) in [6.45, 7) is 4.15. The second-order valence-electron chi connectivity index (χ2n) is 8.09. The lowest BCUT2D eigenvalue weighted by Crippen LogP contribution is -2.40. The fourth-order valence-corrected chi connectivity index (χ4v) is 4.43. The molecular weight excluding hydrogens is 418 g/mol. The molecule has 7 nitrogen and oxygen atoms in total. The van der Waals surface area contributed by atoms with E-state index in [4.69, 9.17) is 9.47 Å². The molecule has 2 amide bonds. The van der Waals surface area contributed by atoms with Gasteiger partial charge in [0, 0.05) is 41.8 Å². The van der Waals surface area contributed by atoms with Gasteiger partial charge in [0.15, 0.2) is 0 Å². The number of amides is 2. The number of carbonyl (C=O) groups is 2. The number of benzene rings is 2. The molecule has 3 aromatic rings. The largest absolute Gasteiger partial charge is 0.496 e. The molecule has 0 bridgehead atoms. The number of fused-ring (bicyclic) bond motifs is 1. The summed E-state index contributed by atoms with van der Waals surface area (Å²) in [7, 11) is 1.63. The van der Waals surface area contributed by atoms with Crippen LogP contribution in [0, 0.1) is 6.92 Å². The van der Waals surface area contributed by atoms with Gasteiger partial charge >= 0.3 is 0 Å². The molecule has 1 fully saturated rings. The molecule has 5 rings (SSSR count). The zero-order valence-electron chi connectivity index (χ0n) is 18.6. The van der Waals surface area contributed by atoms with Crippen LogP contribution in [-0.2, 0) is 9.53 Å². The van der Waals surface area contributed by atoms with Crippen molar-refractivity contribution in [2.24, 2.45) is 0 Å². The maximum absolute atomic E-state index is 13.0. The summed E-state index contributed by atoms with van der Waals surface area (Å²) in [4.78, 5) is 31.0. The molecule has 2 aliphatic rings. The Morgan fingerprint density at radius 2 is 1.85 bits per heavy atom. The highest BCUT2D eigenvalue weighted by atomic mass is 16.5. The van der Waals surface area contributed by atoms with E-state index in [0.29, 0.717) is 43.2 Å². The predicted molar refractivity (Wildman–Crippen MR) is 127 cm³/mol. The number of morpholine rings is 1. The second-order valence-corrected chi connectivity index (χ2v) is 8.09. The van der Waals surface area contributed by atoms with E-state index in [1.807, 2.05) is 55.5 Å². The van der Waals surface area contributed by atoms with Crippen molar-refractivity contribution < 1.29 is 19.1 Å². The van der Waals surface area contributed by atoms with Gasteiger partial charge in [0.2, 0.25) is 0 Å². The van der Waals surface area contributed by atoms with E-state index >= 15 is 0 Å². The van der Waals surface area contributed by atoms with Crippen molar-refractivity contribution >= 4 is 29.2 Å². The molecule has 0 aliphatic carbocycles. The monoisotopic (exact) mass is 443 g/mol. The van der Waals surface area contributed by atoms with Crippen molar-refractivity contribution in [2.75, 3.05) is 38.7 Å². The molecule has 1 aromatic heterocycles. The molecule has 168 valence electrons. The van der Waals surface area contributed by atoms with Crippen LogP contribution in [0.4, 0.5) is 5.69 Å². The van der Waals surface area contributed by atoms with E-state index in [9.17, 15) is 9.59 Å². The number of nitrogens with zero attached hydrogens (tertiary/aromatic N) is 1. The van der Waals surface area contributed by atoms with E-state index in [-0.39, 0.29) is 11.8 Å². The number of hydrogen-bond donors (Lipinski definition) is 2. The average molecular weight is 444 g/mol. The van der Waals surface area contributed by atoms with Gasteiger partial charge in [-0.3, -0.25) is 9.59 Å². The van der Waals surface area contributed by atoms with Gasteiger partial charge in [-0.1, -0.05) is 30.3 Å². The lowest BCUT2D eigenvalue weighted by molar-refractivity contribution is -0.110. The molecule has 7 heteroatoms. The van der Waals surface area contributed by atoms with Crippen LogP contribution in [0.3, 0.4) is 0 Å². The number of nitrogens with one attached hydrogen (secondary N) is 2. The van der Waals surface area contributed by atoms with Gasteiger partial charge in [-0.05, 0) is 36.3 Å². The third-order valence-corrected chi connectivity index (χ3v) is 6.21. The summed E-state index contributed by atoms with van der Waals surface area (Å²) in [5.41, 5.74) is 6.01. The van der Waals surface area contributed by atoms with Gasteiger partial charge in [-0.25, -0.2) is 0 Å². The molecule has 0 atom stereocenters. The number of hydrogen-bond acceptors (Lipinski definition) is 4. The Hall–Kier alpha value is -3.84. The third kappa shape index (κ3) is 3.70. The molecule has 2 N–H and O–H groups in total. The van der Waals surface area contributed by atoms with Gasteiger partial charge in [0.05, 0.1) is 31.5 Å². The molecule has 0 spiro atoms.